The smallest absolute Gasteiger partial charge is 0.181 e. The average Bonchev–Trinajstić information content (AvgIpc) is 2.93. The Labute approximate surface area is 124 Å². The quantitative estimate of drug-likeness (QED) is 0.938. The summed E-state index contributed by atoms with van der Waals surface area (Å²) in [5.74, 6) is 0.813. The second kappa shape index (κ2) is 5.68. The van der Waals surface area contributed by atoms with Crippen LogP contribution in [0.1, 0.15) is 12.0 Å². The summed E-state index contributed by atoms with van der Waals surface area (Å²) in [5, 5.41) is 0.652. The molecule has 5 heteroatoms. The van der Waals surface area contributed by atoms with Crippen LogP contribution in [0.5, 0.6) is 0 Å². The van der Waals surface area contributed by atoms with Crippen LogP contribution in [0.15, 0.2) is 18.2 Å². The normalized spacial score (nSPS) is 20.2. The first kappa shape index (κ1) is 13.8. The Morgan fingerprint density at radius 3 is 3.10 bits per heavy atom. The molecule has 20 heavy (non-hydrogen) atoms. The molecule has 108 valence electrons. The van der Waals surface area contributed by atoms with Crippen LogP contribution in [0.4, 0.5) is 5.13 Å². The van der Waals surface area contributed by atoms with Gasteiger partial charge in [-0.15, -0.1) is 0 Å². The van der Waals surface area contributed by atoms with E-state index in [1.165, 1.54) is 36.3 Å². The van der Waals surface area contributed by atoms with E-state index in [2.05, 4.69) is 47.1 Å². The monoisotopic (exact) mass is 290 g/mol. The molecule has 1 aliphatic heterocycles. The predicted octanol–water partition coefficient (Wildman–Crippen LogP) is 2.26. The first-order valence-electron chi connectivity index (χ1n) is 7.12. The molecule has 2 heterocycles. The largest absolute Gasteiger partial charge is 0.375 e. The van der Waals surface area contributed by atoms with Crippen molar-refractivity contribution in [2.24, 2.45) is 5.92 Å². The minimum absolute atomic E-state index is 0.652. The Morgan fingerprint density at radius 1 is 1.50 bits per heavy atom. The third-order valence-corrected chi connectivity index (χ3v) is 4.83. The number of hydrogen-bond donors (Lipinski definition) is 1. The van der Waals surface area contributed by atoms with Gasteiger partial charge >= 0.3 is 0 Å². The Hall–Kier alpha value is -1.17. The maximum absolute atomic E-state index is 5.76. The number of fused-ring (bicyclic) bond motifs is 1. The number of hydrogen-bond acceptors (Lipinski definition) is 5. The van der Waals surface area contributed by atoms with Crippen LogP contribution in [0, 0.1) is 5.92 Å². The highest BCUT2D eigenvalue weighted by molar-refractivity contribution is 7.22. The summed E-state index contributed by atoms with van der Waals surface area (Å²) in [5.41, 5.74) is 8.11. The highest BCUT2D eigenvalue weighted by Crippen LogP contribution is 2.25. The maximum Gasteiger partial charge on any atom is 0.181 e. The number of rotatable bonds is 4. The Morgan fingerprint density at radius 2 is 2.35 bits per heavy atom. The van der Waals surface area contributed by atoms with Gasteiger partial charge in [-0.3, -0.25) is 0 Å². The van der Waals surface area contributed by atoms with Crippen molar-refractivity contribution in [1.29, 1.82) is 0 Å². The zero-order valence-electron chi connectivity index (χ0n) is 12.2. The summed E-state index contributed by atoms with van der Waals surface area (Å²) in [6.07, 6.45) is 1.32. The van der Waals surface area contributed by atoms with Crippen molar-refractivity contribution in [2.75, 3.05) is 39.5 Å². The molecule has 0 bridgehead atoms. The van der Waals surface area contributed by atoms with E-state index in [9.17, 15) is 0 Å². The fourth-order valence-corrected chi connectivity index (χ4v) is 3.88. The fourth-order valence-electron chi connectivity index (χ4n) is 3.08. The van der Waals surface area contributed by atoms with Gasteiger partial charge in [-0.1, -0.05) is 17.4 Å². The highest BCUT2D eigenvalue weighted by Gasteiger charge is 2.20. The molecule has 1 aromatic heterocycles. The molecule has 0 radical (unpaired) electrons. The maximum atomic E-state index is 5.76. The van der Waals surface area contributed by atoms with E-state index in [1.807, 2.05) is 0 Å². The molecule has 0 saturated carbocycles. The number of nitrogens with zero attached hydrogens (tertiary/aromatic N) is 3. The van der Waals surface area contributed by atoms with Crippen molar-refractivity contribution in [1.82, 2.24) is 14.8 Å². The molecule has 1 aliphatic rings. The molecule has 1 atom stereocenters. The van der Waals surface area contributed by atoms with Gasteiger partial charge in [0, 0.05) is 19.6 Å². The van der Waals surface area contributed by atoms with Gasteiger partial charge in [-0.2, -0.15) is 0 Å². The SMILES string of the molecule is CN1CCC(CN(C)Cc2ccc3nc(N)sc3c2)C1. The summed E-state index contributed by atoms with van der Waals surface area (Å²) in [4.78, 5) is 9.15. The number of anilines is 1. The Balaban J connectivity index is 1.63. The lowest BCUT2D eigenvalue weighted by atomic mass is 10.1. The van der Waals surface area contributed by atoms with Crippen molar-refractivity contribution in [2.45, 2.75) is 13.0 Å². The molecule has 1 unspecified atom stereocenters. The number of likely N-dealkylation sites (tertiary alicyclic amines) is 1. The lowest BCUT2D eigenvalue weighted by Gasteiger charge is -2.21. The summed E-state index contributed by atoms with van der Waals surface area (Å²) < 4.78 is 1.19. The average molecular weight is 290 g/mol. The summed E-state index contributed by atoms with van der Waals surface area (Å²) in [6.45, 7) is 4.64. The Bertz CT molecular complexity index is 595. The number of nitrogens with two attached hydrogens (primary N) is 1. The molecule has 0 amide bonds. The molecule has 0 aliphatic carbocycles. The van der Waals surface area contributed by atoms with Crippen LogP contribution >= 0.6 is 11.3 Å². The van der Waals surface area contributed by atoms with Crippen LogP contribution in [0.2, 0.25) is 0 Å². The van der Waals surface area contributed by atoms with E-state index in [1.54, 1.807) is 11.3 Å². The number of thiazole rings is 1. The van der Waals surface area contributed by atoms with E-state index in [0.717, 1.165) is 18.0 Å². The van der Waals surface area contributed by atoms with E-state index in [4.69, 9.17) is 5.73 Å². The van der Waals surface area contributed by atoms with Crippen LogP contribution in [0.25, 0.3) is 10.2 Å². The van der Waals surface area contributed by atoms with Gasteiger partial charge in [0.2, 0.25) is 0 Å². The van der Waals surface area contributed by atoms with Crippen LogP contribution < -0.4 is 5.73 Å². The third kappa shape index (κ3) is 3.11. The first-order chi connectivity index (χ1) is 9.60. The zero-order valence-corrected chi connectivity index (χ0v) is 13.0. The van der Waals surface area contributed by atoms with Gasteiger partial charge in [0.1, 0.15) is 0 Å². The molecule has 4 nitrogen and oxygen atoms in total. The van der Waals surface area contributed by atoms with Crippen molar-refractivity contribution in [3.05, 3.63) is 23.8 Å². The molecular formula is C15H22N4S. The fraction of sp³-hybridized carbons (Fsp3) is 0.533. The molecule has 1 fully saturated rings. The van der Waals surface area contributed by atoms with Crippen molar-refractivity contribution in [3.63, 3.8) is 0 Å². The molecule has 1 aromatic carbocycles. The van der Waals surface area contributed by atoms with Crippen molar-refractivity contribution >= 4 is 26.7 Å². The summed E-state index contributed by atoms with van der Waals surface area (Å²) in [7, 11) is 4.42. The van der Waals surface area contributed by atoms with Gasteiger partial charge in [0.15, 0.2) is 5.13 Å². The van der Waals surface area contributed by atoms with E-state index in [-0.39, 0.29) is 0 Å². The molecule has 2 aromatic rings. The molecule has 1 saturated heterocycles. The topological polar surface area (TPSA) is 45.4 Å². The van der Waals surface area contributed by atoms with Crippen LogP contribution in [-0.4, -0.2) is 48.5 Å². The lowest BCUT2D eigenvalue weighted by Crippen LogP contribution is -2.27. The highest BCUT2D eigenvalue weighted by atomic mass is 32.1. The van der Waals surface area contributed by atoms with Crippen molar-refractivity contribution < 1.29 is 0 Å². The molecular weight excluding hydrogens is 268 g/mol. The molecule has 0 spiro atoms. The minimum atomic E-state index is 0.652. The number of nitrogen functional groups attached to an aromatic ring is 1. The Kier molecular flexibility index (Phi) is 3.92. The first-order valence-corrected chi connectivity index (χ1v) is 7.94. The molecule has 3 rings (SSSR count). The van der Waals surface area contributed by atoms with Gasteiger partial charge in [0.25, 0.3) is 0 Å². The molecule has 2 N–H and O–H groups in total. The third-order valence-electron chi connectivity index (χ3n) is 3.98. The second-order valence-electron chi connectivity index (χ2n) is 5.97. The predicted molar refractivity (Wildman–Crippen MR) is 86.0 cm³/mol. The summed E-state index contributed by atoms with van der Waals surface area (Å²) >= 11 is 1.57. The number of benzene rings is 1. The van der Waals surface area contributed by atoms with Crippen LogP contribution in [0.3, 0.4) is 0 Å². The van der Waals surface area contributed by atoms with Crippen molar-refractivity contribution in [3.8, 4) is 0 Å². The van der Waals surface area contributed by atoms with E-state index < -0.39 is 0 Å². The van der Waals surface area contributed by atoms with Gasteiger partial charge in [-0.25, -0.2) is 4.98 Å². The van der Waals surface area contributed by atoms with Crippen LogP contribution in [-0.2, 0) is 6.54 Å². The van der Waals surface area contributed by atoms with E-state index >= 15 is 0 Å². The lowest BCUT2D eigenvalue weighted by molar-refractivity contribution is 0.267. The van der Waals surface area contributed by atoms with Gasteiger partial charge in [-0.05, 0) is 50.7 Å². The number of aromatic nitrogens is 1. The minimum Gasteiger partial charge on any atom is -0.375 e. The second-order valence-corrected chi connectivity index (χ2v) is 7.03. The van der Waals surface area contributed by atoms with Gasteiger partial charge in [0.05, 0.1) is 10.2 Å². The summed E-state index contributed by atoms with van der Waals surface area (Å²) in [6, 6.07) is 6.47. The zero-order chi connectivity index (χ0) is 14.1. The van der Waals surface area contributed by atoms with E-state index in [0.29, 0.717) is 5.13 Å². The standard InChI is InChI=1S/C15H22N4S/c1-18-6-5-12(9-18)10-19(2)8-11-3-4-13-14(7-11)20-15(16)17-13/h3-4,7,12H,5-6,8-10H2,1-2H3,(H2,16,17). The van der Waals surface area contributed by atoms with Gasteiger partial charge < -0.3 is 15.5 Å².